The molecule has 0 atom stereocenters. The van der Waals surface area contributed by atoms with E-state index in [1.54, 1.807) is 6.92 Å². The summed E-state index contributed by atoms with van der Waals surface area (Å²) in [5.41, 5.74) is 3.36. The molecule has 3 aromatic rings. The number of nitro benzene ring substituents is 1. The van der Waals surface area contributed by atoms with E-state index in [0.717, 1.165) is 16.7 Å². The van der Waals surface area contributed by atoms with Gasteiger partial charge in [-0.2, -0.15) is 0 Å². The van der Waals surface area contributed by atoms with Crippen LogP contribution in [0.4, 0.5) is 5.69 Å². The molecule has 0 aliphatic rings. The Morgan fingerprint density at radius 2 is 1.59 bits per heavy atom. The van der Waals surface area contributed by atoms with Gasteiger partial charge in [0.2, 0.25) is 5.78 Å². The predicted octanol–water partition coefficient (Wildman–Crippen LogP) is 4.54. The maximum atomic E-state index is 12.2. The minimum Gasteiger partial charge on any atom is -0.457 e. The molecule has 0 saturated carbocycles. The average Bonchev–Trinajstić information content (AvgIpc) is 2.73. The summed E-state index contributed by atoms with van der Waals surface area (Å²) in [4.78, 5) is 34.7. The summed E-state index contributed by atoms with van der Waals surface area (Å²) in [7, 11) is 0. The first-order chi connectivity index (χ1) is 13.9. The Morgan fingerprint density at radius 1 is 0.931 bits per heavy atom. The fourth-order valence-corrected chi connectivity index (χ4v) is 2.87. The lowest BCUT2D eigenvalue weighted by atomic mass is 10.0. The number of carbonyl (C=O) groups excluding carboxylic acids is 2. The summed E-state index contributed by atoms with van der Waals surface area (Å²) in [6.45, 7) is 1.14. The molecule has 0 unspecified atom stereocenters. The van der Waals surface area contributed by atoms with Crippen LogP contribution in [0.2, 0.25) is 0 Å². The number of nitrogens with zero attached hydrogens (tertiary/aromatic N) is 1. The molecule has 0 bridgehead atoms. The molecule has 0 spiro atoms. The Morgan fingerprint density at radius 3 is 2.24 bits per heavy atom. The highest BCUT2D eigenvalue weighted by Crippen LogP contribution is 2.21. The molecule has 0 amide bonds. The van der Waals surface area contributed by atoms with Gasteiger partial charge < -0.3 is 4.74 Å². The van der Waals surface area contributed by atoms with Crippen LogP contribution < -0.4 is 0 Å². The van der Waals surface area contributed by atoms with Crippen molar-refractivity contribution in [3.63, 3.8) is 0 Å². The third-order valence-corrected chi connectivity index (χ3v) is 4.50. The third-order valence-electron chi connectivity index (χ3n) is 4.50. The molecule has 0 aromatic heterocycles. The quantitative estimate of drug-likeness (QED) is 0.256. The van der Waals surface area contributed by atoms with E-state index in [1.807, 2.05) is 54.6 Å². The maximum absolute atomic E-state index is 12.2. The van der Waals surface area contributed by atoms with Crippen LogP contribution >= 0.6 is 0 Å². The Kier molecular flexibility index (Phi) is 6.14. The number of Topliss-reactive ketones (excluding diaryl/α,β-unsaturated/α-hetero) is 1. The van der Waals surface area contributed by atoms with Gasteiger partial charge in [0.25, 0.3) is 5.69 Å². The summed E-state index contributed by atoms with van der Waals surface area (Å²) in [6.07, 6.45) is 0.0381. The molecule has 0 radical (unpaired) electrons. The molecule has 0 heterocycles. The number of hydrogen-bond donors (Lipinski definition) is 0. The van der Waals surface area contributed by atoms with E-state index in [9.17, 15) is 19.7 Å². The van der Waals surface area contributed by atoms with Gasteiger partial charge in [-0.15, -0.1) is 0 Å². The molecule has 0 saturated heterocycles. The fourth-order valence-electron chi connectivity index (χ4n) is 2.87. The number of benzene rings is 3. The summed E-state index contributed by atoms with van der Waals surface area (Å²) in [5, 5.41) is 11.0. The number of nitro groups is 1. The van der Waals surface area contributed by atoms with Crippen molar-refractivity contribution < 1.29 is 19.2 Å². The van der Waals surface area contributed by atoms with Crippen molar-refractivity contribution in [3.8, 4) is 11.1 Å². The summed E-state index contributed by atoms with van der Waals surface area (Å²) < 4.78 is 5.05. The topological polar surface area (TPSA) is 86.5 Å². The van der Waals surface area contributed by atoms with Gasteiger partial charge in [-0.05, 0) is 23.6 Å². The molecule has 3 aromatic carbocycles. The number of esters is 1. The Bertz CT molecular complexity index is 1040. The molecule has 0 N–H and O–H groups in total. The summed E-state index contributed by atoms with van der Waals surface area (Å²) in [6, 6.07) is 21.6. The molecule has 146 valence electrons. The van der Waals surface area contributed by atoms with Crippen LogP contribution in [-0.4, -0.2) is 23.3 Å². The molecule has 29 heavy (non-hydrogen) atoms. The second-order valence-electron chi connectivity index (χ2n) is 6.58. The van der Waals surface area contributed by atoms with Crippen molar-refractivity contribution in [2.75, 3.05) is 6.61 Å². The predicted molar refractivity (Wildman–Crippen MR) is 109 cm³/mol. The lowest BCUT2D eigenvalue weighted by molar-refractivity contribution is -0.385. The molecule has 0 aliphatic heterocycles. The molecule has 0 aliphatic carbocycles. The lowest BCUT2D eigenvalue weighted by Gasteiger charge is -2.07. The highest BCUT2D eigenvalue weighted by atomic mass is 16.6. The van der Waals surface area contributed by atoms with Crippen LogP contribution in [0.5, 0.6) is 0 Å². The zero-order valence-corrected chi connectivity index (χ0v) is 15.8. The van der Waals surface area contributed by atoms with Gasteiger partial charge in [0.1, 0.15) is 0 Å². The van der Waals surface area contributed by atoms with E-state index in [2.05, 4.69) is 0 Å². The Balaban J connectivity index is 1.56. The van der Waals surface area contributed by atoms with Crippen molar-refractivity contribution in [2.24, 2.45) is 0 Å². The first-order valence-corrected chi connectivity index (χ1v) is 9.02. The molecule has 0 fully saturated rings. The molecule has 6 heteroatoms. The van der Waals surface area contributed by atoms with E-state index in [1.165, 1.54) is 18.2 Å². The summed E-state index contributed by atoms with van der Waals surface area (Å²) in [5.74, 6) is -1.02. The first-order valence-electron chi connectivity index (χ1n) is 9.02. The number of ketones is 1. The van der Waals surface area contributed by atoms with E-state index < -0.39 is 23.3 Å². The second kappa shape index (κ2) is 8.93. The van der Waals surface area contributed by atoms with Gasteiger partial charge in [0.05, 0.1) is 11.3 Å². The highest BCUT2D eigenvalue weighted by Gasteiger charge is 2.16. The Hall–Kier alpha value is -3.80. The van der Waals surface area contributed by atoms with Crippen molar-refractivity contribution in [1.82, 2.24) is 0 Å². The van der Waals surface area contributed by atoms with Gasteiger partial charge in [-0.25, -0.2) is 0 Å². The van der Waals surface area contributed by atoms with Crippen LogP contribution in [0, 0.1) is 17.0 Å². The second-order valence-corrected chi connectivity index (χ2v) is 6.58. The molecular weight excluding hydrogens is 370 g/mol. The van der Waals surface area contributed by atoms with Crippen molar-refractivity contribution in [2.45, 2.75) is 13.3 Å². The minimum absolute atomic E-state index is 0.0381. The fraction of sp³-hybridized carbons (Fsp3) is 0.130. The van der Waals surface area contributed by atoms with E-state index >= 15 is 0 Å². The van der Waals surface area contributed by atoms with Crippen LogP contribution in [0.25, 0.3) is 11.1 Å². The molecule has 3 rings (SSSR count). The Labute approximate surface area is 167 Å². The average molecular weight is 389 g/mol. The number of rotatable bonds is 7. The number of aryl methyl sites for hydroxylation is 1. The van der Waals surface area contributed by atoms with Gasteiger partial charge >= 0.3 is 5.97 Å². The highest BCUT2D eigenvalue weighted by molar-refractivity contribution is 5.98. The van der Waals surface area contributed by atoms with Crippen LogP contribution in [0.1, 0.15) is 21.5 Å². The molecular formula is C23H19NO5. The van der Waals surface area contributed by atoms with Gasteiger partial charge in [-0.1, -0.05) is 66.7 Å². The zero-order chi connectivity index (χ0) is 20.8. The van der Waals surface area contributed by atoms with Crippen LogP contribution in [0.3, 0.4) is 0 Å². The number of carbonyl (C=O) groups is 2. The van der Waals surface area contributed by atoms with E-state index in [4.69, 9.17) is 4.74 Å². The van der Waals surface area contributed by atoms with Crippen LogP contribution in [-0.2, 0) is 16.0 Å². The van der Waals surface area contributed by atoms with Crippen LogP contribution in [0.15, 0.2) is 72.8 Å². The van der Waals surface area contributed by atoms with Crippen molar-refractivity contribution in [3.05, 3.63) is 99.6 Å². The zero-order valence-electron chi connectivity index (χ0n) is 15.8. The normalized spacial score (nSPS) is 10.4. The maximum Gasteiger partial charge on any atom is 0.310 e. The standard InChI is InChI=1S/C23H19NO5/c1-16-7-10-20(14-21(16)24(27)28)22(25)15-29-23(26)13-17-8-11-19(12-9-17)18-5-3-2-4-6-18/h2-12,14H,13,15H2,1H3. The first kappa shape index (κ1) is 19.9. The lowest BCUT2D eigenvalue weighted by Crippen LogP contribution is -2.16. The number of hydrogen-bond acceptors (Lipinski definition) is 5. The van der Waals surface area contributed by atoms with Gasteiger partial charge in [-0.3, -0.25) is 19.7 Å². The summed E-state index contributed by atoms with van der Waals surface area (Å²) >= 11 is 0. The van der Waals surface area contributed by atoms with E-state index in [-0.39, 0.29) is 17.7 Å². The largest absolute Gasteiger partial charge is 0.457 e. The monoisotopic (exact) mass is 389 g/mol. The van der Waals surface area contributed by atoms with Gasteiger partial charge in [0.15, 0.2) is 6.61 Å². The van der Waals surface area contributed by atoms with Crippen molar-refractivity contribution >= 4 is 17.4 Å². The van der Waals surface area contributed by atoms with Gasteiger partial charge in [0, 0.05) is 17.2 Å². The van der Waals surface area contributed by atoms with E-state index in [0.29, 0.717) is 5.56 Å². The third kappa shape index (κ3) is 5.13. The van der Waals surface area contributed by atoms with Crippen molar-refractivity contribution in [1.29, 1.82) is 0 Å². The number of ether oxygens (including phenoxy) is 1. The SMILES string of the molecule is Cc1ccc(C(=O)COC(=O)Cc2ccc(-c3ccccc3)cc2)cc1[N+](=O)[O-]. The molecule has 6 nitrogen and oxygen atoms in total. The minimum atomic E-state index is -0.544. The smallest absolute Gasteiger partial charge is 0.310 e.